The Morgan fingerprint density at radius 1 is 0.467 bits per heavy atom. The third kappa shape index (κ3) is 34.2. The van der Waals surface area contributed by atoms with Crippen molar-refractivity contribution in [3.8, 4) is 0 Å². The fraction of sp³-hybridized carbons (Fsp3) is 0.635. The predicted molar refractivity (Wildman–Crippen MR) is 359 cm³/mol. The highest BCUT2D eigenvalue weighted by Gasteiger charge is 2.22. The van der Waals surface area contributed by atoms with Gasteiger partial charge < -0.3 is 14.1 Å². The van der Waals surface area contributed by atoms with Gasteiger partial charge in [-0.2, -0.15) is 25.7 Å². The van der Waals surface area contributed by atoms with Gasteiger partial charge in [-0.1, -0.05) is 198 Å². The SMILES string of the molecule is CC(C)(C)c1ccc(=O)[nH]c1.CC(C)(C)c1cn[nH]c1.CC(C)(C)c1cn[nH]n1.CC(C)(C)c1cnoc1.CC(C)(C)c1cnon1.CC(C)(C)c1cnsc1.CC(C)(C)c1nn[nH]n1.CC(C)(C)c1nnon1.CC(C)(C)n1cnnc1.CC(C)(C)n1cnnn1. The van der Waals surface area contributed by atoms with Crippen LogP contribution in [0.25, 0.3) is 0 Å². The van der Waals surface area contributed by atoms with Gasteiger partial charge in [0, 0.05) is 62.8 Å². The maximum Gasteiger partial charge on any atom is 0.247 e. The third-order valence-corrected chi connectivity index (χ3v) is 12.7. The van der Waals surface area contributed by atoms with Crippen LogP contribution in [0.2, 0.25) is 0 Å². The molecule has 0 aromatic carbocycles. The lowest BCUT2D eigenvalue weighted by Gasteiger charge is -2.18. The molecule has 0 aliphatic carbocycles. The van der Waals surface area contributed by atoms with Gasteiger partial charge in [-0.3, -0.25) is 9.89 Å². The average molecular weight is 1300 g/mol. The Bertz CT molecular complexity index is 2730. The van der Waals surface area contributed by atoms with Crippen molar-refractivity contribution in [3.63, 3.8) is 0 Å². The molecule has 0 saturated carbocycles. The molecule has 10 rings (SSSR count). The average Bonchev–Trinajstić information content (AvgIpc) is 1.95. The fourth-order valence-corrected chi connectivity index (χ4v) is 6.42. The quantitative estimate of drug-likeness (QED) is 0.110. The molecule has 0 amide bonds. The second-order valence-corrected chi connectivity index (χ2v) is 31.9. The molecule has 0 spiro atoms. The predicted octanol–water partition coefficient (Wildman–Crippen LogP) is 13.0. The third-order valence-electron chi connectivity index (χ3n) is 12.1. The number of aromatic amines is 4. The molecule has 0 saturated heterocycles. The highest BCUT2D eigenvalue weighted by molar-refractivity contribution is 7.03. The van der Waals surface area contributed by atoms with E-state index in [0.717, 1.165) is 28.3 Å². The number of H-pyrrole nitrogens is 4. The van der Waals surface area contributed by atoms with Crippen LogP contribution < -0.4 is 5.56 Å². The Balaban J connectivity index is 0.000000511. The minimum atomic E-state index is -0.0556. The normalized spacial score (nSPS) is 11.8. The number of nitrogens with one attached hydrogen (secondary N) is 4. The molecular formula is C63H108N24O4S. The Morgan fingerprint density at radius 3 is 1.29 bits per heavy atom. The molecular weight excluding hydrogens is 1190 g/mol. The van der Waals surface area contributed by atoms with Crippen LogP contribution in [0.5, 0.6) is 0 Å². The summed E-state index contributed by atoms with van der Waals surface area (Å²) in [5.74, 6) is 1.39. The molecule has 0 fully saturated rings. The molecule has 92 heavy (non-hydrogen) atoms. The molecule has 10 heterocycles. The van der Waals surface area contributed by atoms with Gasteiger partial charge in [0.25, 0.3) is 0 Å². The Labute approximate surface area is 548 Å². The first-order chi connectivity index (χ1) is 41.9. The van der Waals surface area contributed by atoms with Crippen molar-refractivity contribution in [2.24, 2.45) is 0 Å². The van der Waals surface area contributed by atoms with Crippen LogP contribution in [0, 0.1) is 0 Å². The number of rotatable bonds is 0. The van der Waals surface area contributed by atoms with Crippen molar-refractivity contribution >= 4 is 11.5 Å². The maximum absolute atomic E-state index is 10.7. The van der Waals surface area contributed by atoms with Gasteiger partial charge in [-0.05, 0) is 107 Å². The van der Waals surface area contributed by atoms with E-state index in [0.29, 0.717) is 5.82 Å². The summed E-state index contributed by atoms with van der Waals surface area (Å²) in [4.78, 5) is 13.3. The molecule has 0 radical (unpaired) electrons. The lowest BCUT2D eigenvalue weighted by atomic mass is 9.88. The lowest BCUT2D eigenvalue weighted by molar-refractivity contribution is 0.287. The number of hydrogen-bond donors (Lipinski definition) is 4. The Morgan fingerprint density at radius 2 is 1.05 bits per heavy atom. The minimum Gasteiger partial charge on any atom is -0.364 e. The minimum absolute atomic E-state index is 0.00347. The van der Waals surface area contributed by atoms with E-state index in [1.807, 2.05) is 91.5 Å². The largest absolute Gasteiger partial charge is 0.364 e. The summed E-state index contributed by atoms with van der Waals surface area (Å²) >= 11 is 1.52. The first-order valence-electron chi connectivity index (χ1n) is 30.1. The first kappa shape index (κ1) is 81.6. The van der Waals surface area contributed by atoms with Crippen LogP contribution in [-0.2, 0) is 54.4 Å². The number of hydrogen-bond acceptors (Lipinski definition) is 23. The molecule has 29 heteroatoms. The van der Waals surface area contributed by atoms with Gasteiger partial charge in [0.1, 0.15) is 30.9 Å². The molecule has 0 aliphatic rings. The van der Waals surface area contributed by atoms with Crippen molar-refractivity contribution in [2.45, 2.75) is 262 Å². The summed E-state index contributed by atoms with van der Waals surface area (Å²) in [6.07, 6.45) is 19.4. The highest BCUT2D eigenvalue weighted by Crippen LogP contribution is 2.24. The molecule has 28 nitrogen and oxygen atoms in total. The van der Waals surface area contributed by atoms with Gasteiger partial charge in [-0.15, -0.1) is 25.5 Å². The lowest BCUT2D eigenvalue weighted by Crippen LogP contribution is -2.22. The van der Waals surface area contributed by atoms with Gasteiger partial charge in [-0.25, -0.2) is 18.3 Å². The standard InChI is InChI=1S/C9H13NO.C7H12N2.C7H11NO.C7H11NS.2C6H11N3.C6H10N2O.2C5H10N4.C5H9N3O/c1-9(2,3)7-4-5-8(11)10-6-7;3*1-7(2,3)6-4-8-9-5-6;1-6(2,3)9-4-7-8-5-9;2*1-6(2,3)5-4-7-9-8-5;1-5(2,3)9-4-6-7-8-9;2*1-5(2,3)4-6-8-9-7-4/h4-6H,1-3H3,(H,10,11);4-5H,1-3H3,(H,8,9);3*4-5H,1-3H3;4H,1-3H3,(H,7,8,9);2*4H,1-3H3;1-3H3,(H,6,7,8,9);1-3H3. The number of tetrazole rings is 2. The summed E-state index contributed by atoms with van der Waals surface area (Å²) in [5.41, 5.74) is 7.75. The molecule has 0 bridgehead atoms. The van der Waals surface area contributed by atoms with Crippen molar-refractivity contribution in [1.82, 2.24) is 122 Å². The van der Waals surface area contributed by atoms with Crippen molar-refractivity contribution in [3.05, 3.63) is 142 Å². The van der Waals surface area contributed by atoms with Gasteiger partial charge in [0.05, 0.1) is 41.3 Å². The van der Waals surface area contributed by atoms with Crippen molar-refractivity contribution in [1.29, 1.82) is 0 Å². The van der Waals surface area contributed by atoms with Crippen molar-refractivity contribution < 1.29 is 13.8 Å². The zero-order valence-corrected chi connectivity index (χ0v) is 61.4. The number of pyridine rings is 1. The van der Waals surface area contributed by atoms with Crippen LogP contribution in [0.1, 0.15) is 253 Å². The number of nitrogens with zero attached hydrogens (tertiary/aromatic N) is 20. The van der Waals surface area contributed by atoms with Crippen LogP contribution in [0.3, 0.4) is 0 Å². The van der Waals surface area contributed by atoms with E-state index in [4.69, 9.17) is 4.52 Å². The molecule has 0 unspecified atom stereocenters. The van der Waals surface area contributed by atoms with E-state index < -0.39 is 0 Å². The van der Waals surface area contributed by atoms with E-state index in [9.17, 15) is 4.79 Å². The van der Waals surface area contributed by atoms with Crippen LogP contribution in [-0.4, -0.2) is 122 Å². The maximum atomic E-state index is 10.7. The van der Waals surface area contributed by atoms with Gasteiger partial charge in [0.15, 0.2) is 5.82 Å². The molecule has 10 aromatic rings. The van der Waals surface area contributed by atoms with E-state index in [1.165, 1.54) is 22.7 Å². The molecule has 0 aliphatic heterocycles. The topological polar surface area (TPSA) is 362 Å². The van der Waals surface area contributed by atoms with E-state index in [-0.39, 0.29) is 60.0 Å². The van der Waals surface area contributed by atoms with E-state index >= 15 is 0 Å². The Hall–Kier alpha value is -8.37. The highest BCUT2D eigenvalue weighted by atomic mass is 32.1. The fourth-order valence-electron chi connectivity index (χ4n) is 5.66. The van der Waals surface area contributed by atoms with Gasteiger partial charge >= 0.3 is 0 Å². The monoisotopic (exact) mass is 1300 g/mol. The van der Waals surface area contributed by atoms with E-state index in [2.05, 4.69) is 272 Å². The second-order valence-electron chi connectivity index (χ2n) is 31.3. The molecule has 510 valence electrons. The first-order valence-corrected chi connectivity index (χ1v) is 30.9. The summed E-state index contributed by atoms with van der Waals surface area (Å²) in [7, 11) is 0. The van der Waals surface area contributed by atoms with Crippen LogP contribution in [0.4, 0.5) is 0 Å². The molecule has 10 aromatic heterocycles. The Kier molecular flexibility index (Phi) is 31.5. The van der Waals surface area contributed by atoms with Crippen LogP contribution >= 0.6 is 11.5 Å². The zero-order chi connectivity index (χ0) is 70.6. The van der Waals surface area contributed by atoms with Crippen molar-refractivity contribution in [2.75, 3.05) is 0 Å². The summed E-state index contributed by atoms with van der Waals surface area (Å²) in [6, 6.07) is 3.42. The van der Waals surface area contributed by atoms with Gasteiger partial charge in [0.2, 0.25) is 11.4 Å². The summed E-state index contributed by atoms with van der Waals surface area (Å²) < 4.78 is 21.2. The second kappa shape index (κ2) is 35.4. The summed E-state index contributed by atoms with van der Waals surface area (Å²) in [5, 5.41) is 72.0. The van der Waals surface area contributed by atoms with E-state index in [1.54, 1.807) is 60.8 Å². The smallest absolute Gasteiger partial charge is 0.247 e. The molecule has 0 atom stereocenters. The van der Waals surface area contributed by atoms with Crippen LogP contribution in [0.15, 0.2) is 105 Å². The zero-order valence-electron chi connectivity index (χ0n) is 60.6. The summed E-state index contributed by atoms with van der Waals surface area (Å²) in [6.45, 7) is 62.8. The molecule has 4 N–H and O–H groups in total. The number of aromatic nitrogens is 24.